The van der Waals surface area contributed by atoms with Crippen LogP contribution in [0.4, 0.5) is 11.4 Å². The van der Waals surface area contributed by atoms with Gasteiger partial charge in [-0.15, -0.1) is 0 Å². The molecule has 0 heterocycles. The number of rotatable bonds is 7. The van der Waals surface area contributed by atoms with Crippen LogP contribution in [-0.4, -0.2) is 18.4 Å². The van der Waals surface area contributed by atoms with Gasteiger partial charge in [-0.05, 0) is 68.0 Å². The molecule has 3 rings (SSSR count). The minimum absolute atomic E-state index is 0.117. The highest BCUT2D eigenvalue weighted by atomic mass is 79.9. The second-order valence-corrected chi connectivity index (χ2v) is 9.32. The molecule has 0 bridgehead atoms. The van der Waals surface area contributed by atoms with Crippen molar-refractivity contribution in [2.45, 2.75) is 13.8 Å². The fourth-order valence-electron chi connectivity index (χ4n) is 3.13. The van der Waals surface area contributed by atoms with Gasteiger partial charge in [0.25, 0.3) is 11.8 Å². The molecule has 0 spiro atoms. The summed E-state index contributed by atoms with van der Waals surface area (Å²) in [5, 5.41) is 15.7. The van der Waals surface area contributed by atoms with Crippen molar-refractivity contribution in [1.82, 2.24) is 0 Å². The maximum atomic E-state index is 12.8. The Balaban J connectivity index is 1.75. The number of ether oxygens (including phenoxy) is 1. The van der Waals surface area contributed by atoms with Crippen LogP contribution < -0.4 is 15.4 Å². The molecule has 0 aliphatic rings. The first-order chi connectivity index (χ1) is 16.7. The summed E-state index contributed by atoms with van der Waals surface area (Å²) in [4.78, 5) is 25.1. The van der Waals surface area contributed by atoms with Crippen LogP contribution in [0.2, 0.25) is 10.0 Å². The van der Waals surface area contributed by atoms with Gasteiger partial charge >= 0.3 is 0 Å². The molecule has 0 atom stereocenters. The number of amides is 2. The number of benzene rings is 3. The summed E-state index contributed by atoms with van der Waals surface area (Å²) in [6, 6.07) is 17.3. The van der Waals surface area contributed by atoms with Gasteiger partial charge < -0.3 is 15.4 Å². The molecule has 0 fully saturated rings. The Hall–Kier alpha value is -3.31. The number of hydrogen-bond acceptors (Lipinski definition) is 4. The predicted octanol–water partition coefficient (Wildman–Crippen LogP) is 6.94. The van der Waals surface area contributed by atoms with Gasteiger partial charge in [-0.3, -0.25) is 9.59 Å². The molecule has 9 heteroatoms. The summed E-state index contributed by atoms with van der Waals surface area (Å²) in [6.07, 6.45) is 1.41. The second kappa shape index (κ2) is 11.9. The van der Waals surface area contributed by atoms with Crippen molar-refractivity contribution in [2.24, 2.45) is 0 Å². The lowest BCUT2D eigenvalue weighted by Crippen LogP contribution is -2.20. The Kier molecular flexibility index (Phi) is 8.94. The van der Waals surface area contributed by atoms with E-state index in [2.05, 4.69) is 26.6 Å². The van der Waals surface area contributed by atoms with Crippen molar-refractivity contribution in [3.05, 3.63) is 91.4 Å². The van der Waals surface area contributed by atoms with Crippen molar-refractivity contribution in [3.63, 3.8) is 0 Å². The fourth-order valence-corrected chi connectivity index (χ4v) is 3.80. The SMILES string of the molecule is Cc1ccc(NC(=O)/C(C#N)=C/c2cc(Br)ccc2OCC(=O)Nc2ccc(Cl)c(Cl)c2)c(C)c1. The molecule has 0 saturated heterocycles. The van der Waals surface area contributed by atoms with E-state index in [0.717, 1.165) is 11.1 Å². The Labute approximate surface area is 221 Å². The summed E-state index contributed by atoms with van der Waals surface area (Å²) in [5.41, 5.74) is 3.37. The van der Waals surface area contributed by atoms with Gasteiger partial charge in [-0.25, -0.2) is 0 Å². The number of aryl methyl sites for hydroxylation is 2. The van der Waals surface area contributed by atoms with E-state index in [0.29, 0.717) is 37.2 Å². The number of nitrogens with one attached hydrogen (secondary N) is 2. The highest BCUT2D eigenvalue weighted by molar-refractivity contribution is 9.10. The molecule has 0 saturated carbocycles. The Morgan fingerprint density at radius 3 is 2.49 bits per heavy atom. The van der Waals surface area contributed by atoms with Crippen LogP contribution in [0.3, 0.4) is 0 Å². The van der Waals surface area contributed by atoms with Crippen LogP contribution in [0.1, 0.15) is 16.7 Å². The van der Waals surface area contributed by atoms with Crippen molar-refractivity contribution >= 4 is 68.4 Å². The van der Waals surface area contributed by atoms with E-state index >= 15 is 0 Å². The smallest absolute Gasteiger partial charge is 0.266 e. The van der Waals surface area contributed by atoms with Gasteiger partial charge in [-0.2, -0.15) is 5.26 Å². The number of carbonyl (C=O) groups is 2. The molecule has 35 heavy (non-hydrogen) atoms. The molecule has 178 valence electrons. The molecule has 3 aromatic carbocycles. The third kappa shape index (κ3) is 7.33. The summed E-state index contributed by atoms with van der Waals surface area (Å²) in [5.74, 6) is -0.651. The van der Waals surface area contributed by atoms with E-state index in [1.54, 1.807) is 36.4 Å². The van der Waals surface area contributed by atoms with Crippen LogP contribution in [0.15, 0.2) is 64.6 Å². The van der Waals surface area contributed by atoms with Gasteiger partial charge in [0.15, 0.2) is 6.61 Å². The first-order valence-corrected chi connectivity index (χ1v) is 11.9. The first kappa shape index (κ1) is 26.3. The lowest BCUT2D eigenvalue weighted by molar-refractivity contribution is -0.118. The maximum absolute atomic E-state index is 12.8. The zero-order chi connectivity index (χ0) is 25.5. The minimum Gasteiger partial charge on any atom is -0.483 e. The monoisotopic (exact) mass is 571 g/mol. The van der Waals surface area contributed by atoms with E-state index in [-0.39, 0.29) is 12.2 Å². The van der Waals surface area contributed by atoms with Crippen molar-refractivity contribution in [1.29, 1.82) is 5.26 Å². The largest absolute Gasteiger partial charge is 0.483 e. The molecule has 0 aliphatic heterocycles. The summed E-state index contributed by atoms with van der Waals surface area (Å²) < 4.78 is 6.39. The van der Waals surface area contributed by atoms with Crippen molar-refractivity contribution in [2.75, 3.05) is 17.2 Å². The van der Waals surface area contributed by atoms with Crippen molar-refractivity contribution in [3.8, 4) is 11.8 Å². The van der Waals surface area contributed by atoms with Gasteiger partial charge in [-0.1, -0.05) is 56.8 Å². The quantitative estimate of drug-likeness (QED) is 0.237. The highest BCUT2D eigenvalue weighted by Gasteiger charge is 2.14. The molecule has 2 amide bonds. The van der Waals surface area contributed by atoms with Gasteiger partial charge in [0.1, 0.15) is 17.4 Å². The average Bonchev–Trinajstić information content (AvgIpc) is 2.81. The number of halogens is 3. The molecule has 0 aromatic heterocycles. The summed E-state index contributed by atoms with van der Waals surface area (Å²) in [6.45, 7) is 3.53. The van der Waals surface area contributed by atoms with E-state index in [4.69, 9.17) is 27.9 Å². The van der Waals surface area contributed by atoms with Crippen molar-refractivity contribution < 1.29 is 14.3 Å². The number of hydrogen-bond donors (Lipinski definition) is 2. The zero-order valence-electron chi connectivity index (χ0n) is 18.8. The molecular formula is C26H20BrCl2N3O3. The molecule has 3 aromatic rings. The Bertz CT molecular complexity index is 1370. The number of nitrogens with zero attached hydrogens (tertiary/aromatic N) is 1. The fraction of sp³-hybridized carbons (Fsp3) is 0.115. The summed E-state index contributed by atoms with van der Waals surface area (Å²) in [7, 11) is 0. The van der Waals surface area contributed by atoms with Gasteiger partial charge in [0, 0.05) is 21.4 Å². The number of nitriles is 1. The lowest BCUT2D eigenvalue weighted by Gasteiger charge is -2.12. The molecular weight excluding hydrogens is 553 g/mol. The third-order valence-corrected chi connectivity index (χ3v) is 6.06. The van der Waals surface area contributed by atoms with Crippen LogP contribution in [0.25, 0.3) is 6.08 Å². The van der Waals surface area contributed by atoms with E-state index < -0.39 is 11.8 Å². The molecule has 0 aliphatic carbocycles. The van der Waals surface area contributed by atoms with Crippen LogP contribution in [-0.2, 0) is 9.59 Å². The van der Waals surface area contributed by atoms with E-state index in [9.17, 15) is 14.9 Å². The normalized spacial score (nSPS) is 10.9. The lowest BCUT2D eigenvalue weighted by atomic mass is 10.1. The number of carbonyl (C=O) groups excluding carboxylic acids is 2. The topological polar surface area (TPSA) is 91.2 Å². The Morgan fingerprint density at radius 2 is 1.80 bits per heavy atom. The standard InChI is InChI=1S/C26H20BrCl2N3O3/c1-15-3-7-23(16(2)9-15)32-26(34)18(13-30)10-17-11-19(27)4-8-24(17)35-14-25(33)31-20-5-6-21(28)22(29)12-20/h3-12H,14H2,1-2H3,(H,31,33)(H,32,34)/b18-10+. The molecule has 0 radical (unpaired) electrons. The molecule has 2 N–H and O–H groups in total. The first-order valence-electron chi connectivity index (χ1n) is 10.3. The Morgan fingerprint density at radius 1 is 1.03 bits per heavy atom. The van der Waals surface area contributed by atoms with Gasteiger partial charge in [0.2, 0.25) is 0 Å². The summed E-state index contributed by atoms with van der Waals surface area (Å²) >= 11 is 15.3. The zero-order valence-corrected chi connectivity index (χ0v) is 21.9. The molecule has 6 nitrogen and oxygen atoms in total. The highest BCUT2D eigenvalue weighted by Crippen LogP contribution is 2.27. The third-order valence-electron chi connectivity index (χ3n) is 4.83. The predicted molar refractivity (Wildman–Crippen MR) is 143 cm³/mol. The minimum atomic E-state index is -0.553. The maximum Gasteiger partial charge on any atom is 0.266 e. The van der Waals surface area contributed by atoms with Crippen LogP contribution in [0.5, 0.6) is 5.75 Å². The molecule has 0 unspecified atom stereocenters. The second-order valence-electron chi connectivity index (χ2n) is 7.59. The number of anilines is 2. The average molecular weight is 573 g/mol. The van der Waals surface area contributed by atoms with Crippen LogP contribution in [0, 0.1) is 25.2 Å². The van der Waals surface area contributed by atoms with Crippen LogP contribution >= 0.6 is 39.1 Å². The van der Waals surface area contributed by atoms with E-state index in [1.165, 1.54) is 12.1 Å². The van der Waals surface area contributed by atoms with E-state index in [1.807, 2.05) is 32.0 Å². The van der Waals surface area contributed by atoms with Gasteiger partial charge in [0.05, 0.1) is 10.0 Å².